The molecule has 0 aliphatic rings. The van der Waals surface area contributed by atoms with Crippen molar-refractivity contribution in [2.75, 3.05) is 0 Å². The predicted octanol–water partition coefficient (Wildman–Crippen LogP) is 3.21. The second-order valence-corrected chi connectivity index (χ2v) is 4.81. The van der Waals surface area contributed by atoms with Crippen molar-refractivity contribution < 1.29 is 4.52 Å². The van der Waals surface area contributed by atoms with Crippen LogP contribution in [-0.4, -0.2) is 15.0 Å². The number of fused-ring (bicyclic) bond motifs is 1. The van der Waals surface area contributed by atoms with Gasteiger partial charge in [-0.05, 0) is 49.2 Å². The first-order chi connectivity index (χ1) is 9.17. The van der Waals surface area contributed by atoms with Crippen molar-refractivity contribution in [3.8, 4) is 11.4 Å². The zero-order valence-corrected chi connectivity index (χ0v) is 11.9. The highest BCUT2D eigenvalue weighted by molar-refractivity contribution is 7.10. The van der Waals surface area contributed by atoms with Crippen LogP contribution in [-0.2, 0) is 0 Å². The van der Waals surface area contributed by atoms with E-state index in [1.54, 1.807) is 4.80 Å². The molecule has 19 heavy (non-hydrogen) atoms. The number of nitrogens with zero attached hydrogens (tertiary/aromatic N) is 3. The van der Waals surface area contributed by atoms with E-state index in [4.69, 9.17) is 4.52 Å². The standard InChI is InChI=1S/C14H14N3OP/c1-9-3-5-11-12(7-9)16-17(15-11)13-6-4-10(2)8-14(13)18-19/h3-8H,19H2,1-2H3. The summed E-state index contributed by atoms with van der Waals surface area (Å²) >= 11 is 0. The summed E-state index contributed by atoms with van der Waals surface area (Å²) in [5.74, 6) is 0.738. The molecule has 0 amide bonds. The van der Waals surface area contributed by atoms with E-state index >= 15 is 0 Å². The summed E-state index contributed by atoms with van der Waals surface area (Å²) in [5, 5.41) is 8.98. The van der Waals surface area contributed by atoms with Crippen LogP contribution in [0.4, 0.5) is 0 Å². The Kier molecular flexibility index (Phi) is 2.96. The predicted molar refractivity (Wildman–Crippen MR) is 78.7 cm³/mol. The highest BCUT2D eigenvalue weighted by Crippen LogP contribution is 2.25. The molecule has 0 fully saturated rings. The molecule has 4 nitrogen and oxygen atoms in total. The van der Waals surface area contributed by atoms with Gasteiger partial charge >= 0.3 is 0 Å². The molecule has 1 atom stereocenters. The van der Waals surface area contributed by atoms with Crippen molar-refractivity contribution in [2.45, 2.75) is 13.8 Å². The van der Waals surface area contributed by atoms with E-state index < -0.39 is 0 Å². The van der Waals surface area contributed by atoms with E-state index in [0.29, 0.717) is 0 Å². The average molecular weight is 271 g/mol. The molecule has 0 bridgehead atoms. The normalized spacial score (nSPS) is 10.9. The van der Waals surface area contributed by atoms with Gasteiger partial charge in [-0.1, -0.05) is 12.1 Å². The van der Waals surface area contributed by atoms with Crippen LogP contribution >= 0.6 is 9.47 Å². The summed E-state index contributed by atoms with van der Waals surface area (Å²) in [5.41, 5.74) is 4.89. The van der Waals surface area contributed by atoms with Gasteiger partial charge in [0.05, 0.1) is 9.47 Å². The van der Waals surface area contributed by atoms with Crippen molar-refractivity contribution in [1.29, 1.82) is 0 Å². The Morgan fingerprint density at radius 3 is 2.42 bits per heavy atom. The Hall–Kier alpha value is -1.93. The van der Waals surface area contributed by atoms with Gasteiger partial charge in [-0.25, -0.2) is 0 Å². The molecule has 0 saturated carbocycles. The van der Waals surface area contributed by atoms with Crippen molar-refractivity contribution in [3.63, 3.8) is 0 Å². The molecule has 0 saturated heterocycles. The second kappa shape index (κ2) is 4.63. The van der Waals surface area contributed by atoms with E-state index in [-0.39, 0.29) is 0 Å². The van der Waals surface area contributed by atoms with Crippen LogP contribution in [0.25, 0.3) is 16.7 Å². The van der Waals surface area contributed by atoms with Gasteiger partial charge in [0.15, 0.2) is 0 Å². The number of hydrogen-bond donors (Lipinski definition) is 0. The van der Waals surface area contributed by atoms with E-state index in [0.717, 1.165) is 28.0 Å². The van der Waals surface area contributed by atoms with Crippen LogP contribution in [0.3, 0.4) is 0 Å². The smallest absolute Gasteiger partial charge is 0.150 e. The minimum absolute atomic E-state index is 0.738. The van der Waals surface area contributed by atoms with Crippen molar-refractivity contribution in [1.82, 2.24) is 15.0 Å². The lowest BCUT2D eigenvalue weighted by Crippen LogP contribution is -2.00. The third-order valence-corrected chi connectivity index (χ3v) is 3.25. The maximum Gasteiger partial charge on any atom is 0.150 e. The molecule has 1 aromatic heterocycles. The molecule has 1 unspecified atom stereocenters. The van der Waals surface area contributed by atoms with Crippen molar-refractivity contribution in [2.24, 2.45) is 0 Å². The van der Waals surface area contributed by atoms with Gasteiger partial charge in [0.2, 0.25) is 0 Å². The van der Waals surface area contributed by atoms with Gasteiger partial charge < -0.3 is 4.52 Å². The Morgan fingerprint density at radius 1 is 0.947 bits per heavy atom. The van der Waals surface area contributed by atoms with Crippen LogP contribution in [0.1, 0.15) is 11.1 Å². The monoisotopic (exact) mass is 271 g/mol. The molecule has 1 heterocycles. The van der Waals surface area contributed by atoms with E-state index in [1.165, 1.54) is 5.56 Å². The maximum absolute atomic E-state index is 5.32. The van der Waals surface area contributed by atoms with Crippen LogP contribution in [0.2, 0.25) is 0 Å². The largest absolute Gasteiger partial charge is 0.478 e. The fourth-order valence-electron chi connectivity index (χ4n) is 2.01. The summed E-state index contributed by atoms with van der Waals surface area (Å²) in [6.07, 6.45) is 0. The van der Waals surface area contributed by atoms with E-state index in [2.05, 4.69) is 19.7 Å². The van der Waals surface area contributed by atoms with E-state index in [9.17, 15) is 0 Å². The molecule has 2 aromatic carbocycles. The molecule has 0 aliphatic carbocycles. The molecule has 96 valence electrons. The summed E-state index contributed by atoms with van der Waals surface area (Å²) in [7, 11) is 2.27. The van der Waals surface area contributed by atoms with Crippen molar-refractivity contribution in [3.05, 3.63) is 47.5 Å². The fourth-order valence-corrected chi connectivity index (χ4v) is 2.20. The molecule has 0 N–H and O–H groups in total. The Labute approximate surface area is 113 Å². The minimum Gasteiger partial charge on any atom is -0.478 e. The highest BCUT2D eigenvalue weighted by atomic mass is 31.0. The SMILES string of the molecule is Cc1ccc(-n2nc3ccc(C)cc3n2)c(OP)c1. The van der Waals surface area contributed by atoms with Gasteiger partial charge in [-0.3, -0.25) is 0 Å². The molecule has 0 aliphatic heterocycles. The molecule has 3 aromatic rings. The molecular formula is C14H14N3OP. The molecule has 0 spiro atoms. The Morgan fingerprint density at radius 2 is 1.63 bits per heavy atom. The summed E-state index contributed by atoms with van der Waals surface area (Å²) in [6, 6.07) is 12.0. The van der Waals surface area contributed by atoms with Crippen LogP contribution < -0.4 is 4.52 Å². The molecule has 5 heteroatoms. The number of hydrogen-bond acceptors (Lipinski definition) is 3. The highest BCUT2D eigenvalue weighted by Gasteiger charge is 2.09. The van der Waals surface area contributed by atoms with Gasteiger partial charge in [0, 0.05) is 0 Å². The summed E-state index contributed by atoms with van der Waals surface area (Å²) < 4.78 is 5.32. The third kappa shape index (κ3) is 2.20. The zero-order valence-electron chi connectivity index (χ0n) is 10.8. The number of benzene rings is 2. The van der Waals surface area contributed by atoms with Crippen LogP contribution in [0, 0.1) is 13.8 Å². The van der Waals surface area contributed by atoms with Gasteiger partial charge in [-0.2, -0.15) is 0 Å². The van der Waals surface area contributed by atoms with Crippen molar-refractivity contribution >= 4 is 20.5 Å². The quantitative estimate of drug-likeness (QED) is 0.672. The first-order valence-electron chi connectivity index (χ1n) is 5.99. The molecule has 0 radical (unpaired) electrons. The number of aromatic nitrogens is 3. The Balaban J connectivity index is 2.18. The van der Waals surface area contributed by atoms with Gasteiger partial charge in [0.25, 0.3) is 0 Å². The lowest BCUT2D eigenvalue weighted by molar-refractivity contribution is 0.622. The minimum atomic E-state index is 0.738. The van der Waals surface area contributed by atoms with Crippen LogP contribution in [0.15, 0.2) is 36.4 Å². The van der Waals surface area contributed by atoms with E-state index in [1.807, 2.05) is 50.2 Å². The third-order valence-electron chi connectivity index (χ3n) is 2.99. The lowest BCUT2D eigenvalue weighted by Gasteiger charge is -2.07. The lowest BCUT2D eigenvalue weighted by atomic mass is 10.2. The maximum atomic E-state index is 5.32. The zero-order chi connectivity index (χ0) is 13.4. The topological polar surface area (TPSA) is 39.9 Å². The first-order valence-corrected chi connectivity index (χ1v) is 6.46. The van der Waals surface area contributed by atoms with Crippen LogP contribution in [0.5, 0.6) is 5.75 Å². The number of rotatable bonds is 2. The molecular weight excluding hydrogens is 257 g/mol. The Bertz CT molecular complexity index is 752. The average Bonchev–Trinajstić information content (AvgIpc) is 2.81. The summed E-state index contributed by atoms with van der Waals surface area (Å²) in [4.78, 5) is 1.61. The first kappa shape index (κ1) is 12.1. The van der Waals surface area contributed by atoms with Gasteiger partial charge in [0.1, 0.15) is 22.5 Å². The summed E-state index contributed by atoms with van der Waals surface area (Å²) in [6.45, 7) is 4.06. The molecule has 3 rings (SSSR count). The van der Waals surface area contributed by atoms with Gasteiger partial charge in [-0.15, -0.1) is 15.0 Å². The number of aryl methyl sites for hydroxylation is 2. The fraction of sp³-hybridized carbons (Fsp3) is 0.143. The second-order valence-electron chi connectivity index (χ2n) is 4.57.